The molecule has 2 aromatic rings. The average Bonchev–Trinajstić information content (AvgIpc) is 3.14. The van der Waals surface area contributed by atoms with E-state index in [0.29, 0.717) is 11.7 Å². The molecule has 0 radical (unpaired) electrons. The molecule has 0 bridgehead atoms. The number of aromatic nitrogens is 2. The van der Waals surface area contributed by atoms with Crippen molar-refractivity contribution in [1.29, 1.82) is 0 Å². The van der Waals surface area contributed by atoms with Gasteiger partial charge in [-0.25, -0.2) is 4.98 Å². The predicted molar refractivity (Wildman–Crippen MR) is 93.5 cm³/mol. The number of nitrogens with zero attached hydrogens (tertiary/aromatic N) is 3. The van der Waals surface area contributed by atoms with Crippen molar-refractivity contribution in [3.8, 4) is 11.4 Å². The van der Waals surface area contributed by atoms with Crippen LogP contribution in [0, 0.1) is 5.92 Å². The summed E-state index contributed by atoms with van der Waals surface area (Å²) in [4.78, 5) is 35.0. The van der Waals surface area contributed by atoms with Gasteiger partial charge in [0.1, 0.15) is 5.69 Å². The second-order valence-corrected chi connectivity index (χ2v) is 7.68. The van der Waals surface area contributed by atoms with Crippen LogP contribution >= 0.6 is 11.3 Å². The molecule has 0 spiro atoms. The molecule has 1 fully saturated rings. The summed E-state index contributed by atoms with van der Waals surface area (Å²) in [6.07, 6.45) is 1.96. The predicted octanol–water partition coefficient (Wildman–Crippen LogP) is 2.79. The summed E-state index contributed by atoms with van der Waals surface area (Å²) in [5.41, 5.74) is 1.23. The van der Waals surface area contributed by atoms with E-state index in [1.54, 1.807) is 11.1 Å². The lowest BCUT2D eigenvalue weighted by Gasteiger charge is -2.31. The van der Waals surface area contributed by atoms with Crippen LogP contribution in [0.1, 0.15) is 27.2 Å². The van der Waals surface area contributed by atoms with Gasteiger partial charge < -0.3 is 10.2 Å². The van der Waals surface area contributed by atoms with Crippen LogP contribution in [0.5, 0.6) is 0 Å². The molecular formula is C17H20N4O2S. The van der Waals surface area contributed by atoms with Crippen molar-refractivity contribution in [3.05, 3.63) is 29.8 Å². The zero-order valence-corrected chi connectivity index (χ0v) is 14.8. The molecule has 6 nitrogen and oxygen atoms in total. The van der Waals surface area contributed by atoms with Crippen LogP contribution in [0.3, 0.4) is 0 Å². The van der Waals surface area contributed by atoms with E-state index in [1.165, 1.54) is 11.3 Å². The molecule has 1 aliphatic rings. The van der Waals surface area contributed by atoms with Crippen LogP contribution in [-0.2, 0) is 9.59 Å². The maximum atomic E-state index is 12.4. The lowest BCUT2D eigenvalue weighted by Crippen LogP contribution is -2.42. The fourth-order valence-electron chi connectivity index (χ4n) is 2.70. The third-order valence-electron chi connectivity index (χ3n) is 3.97. The van der Waals surface area contributed by atoms with Crippen LogP contribution in [0.4, 0.5) is 5.13 Å². The highest BCUT2D eigenvalue weighted by Gasteiger charge is 2.39. The van der Waals surface area contributed by atoms with Gasteiger partial charge in [-0.1, -0.05) is 6.07 Å². The van der Waals surface area contributed by atoms with Crippen LogP contribution in [0.2, 0.25) is 0 Å². The highest BCUT2D eigenvalue weighted by Crippen LogP contribution is 2.28. The number of nitrogens with one attached hydrogen (secondary N) is 1. The van der Waals surface area contributed by atoms with Crippen molar-refractivity contribution in [3.63, 3.8) is 0 Å². The van der Waals surface area contributed by atoms with Gasteiger partial charge in [0.25, 0.3) is 0 Å². The fraction of sp³-hybridized carbons (Fsp3) is 0.412. The molecule has 2 amide bonds. The average molecular weight is 344 g/mol. The molecule has 0 aliphatic carbocycles. The van der Waals surface area contributed by atoms with Crippen molar-refractivity contribution in [2.24, 2.45) is 5.92 Å². The van der Waals surface area contributed by atoms with Gasteiger partial charge in [0, 0.05) is 30.1 Å². The number of carbonyl (C=O) groups excluding carboxylic acids is 2. The second-order valence-electron chi connectivity index (χ2n) is 6.82. The maximum Gasteiger partial charge on any atom is 0.231 e. The van der Waals surface area contributed by atoms with Gasteiger partial charge in [0.15, 0.2) is 5.13 Å². The van der Waals surface area contributed by atoms with Crippen molar-refractivity contribution < 1.29 is 9.59 Å². The Hall–Kier alpha value is -2.28. The Kier molecular flexibility index (Phi) is 4.36. The number of thiazole rings is 1. The molecule has 1 saturated heterocycles. The smallest absolute Gasteiger partial charge is 0.231 e. The molecule has 3 heterocycles. The SMILES string of the molecule is CC(C)(C)N1CC(C(=O)Nc2nc(-c3ccccn3)cs2)CC1=O. The summed E-state index contributed by atoms with van der Waals surface area (Å²) >= 11 is 1.36. The number of pyridine rings is 1. The monoisotopic (exact) mass is 344 g/mol. The number of hydrogen-bond acceptors (Lipinski definition) is 5. The van der Waals surface area contributed by atoms with Crippen molar-refractivity contribution in [2.45, 2.75) is 32.7 Å². The van der Waals surface area contributed by atoms with Crippen molar-refractivity contribution >= 4 is 28.3 Å². The van der Waals surface area contributed by atoms with Gasteiger partial charge in [-0.2, -0.15) is 0 Å². The first-order valence-corrected chi connectivity index (χ1v) is 8.71. The Morgan fingerprint density at radius 2 is 2.12 bits per heavy atom. The van der Waals surface area contributed by atoms with Gasteiger partial charge in [-0.05, 0) is 32.9 Å². The van der Waals surface area contributed by atoms with Gasteiger partial charge in [-0.15, -0.1) is 11.3 Å². The number of carbonyl (C=O) groups is 2. The van der Waals surface area contributed by atoms with E-state index < -0.39 is 0 Å². The summed E-state index contributed by atoms with van der Waals surface area (Å²) in [5.74, 6) is -0.466. The van der Waals surface area contributed by atoms with Gasteiger partial charge in [-0.3, -0.25) is 14.6 Å². The molecule has 7 heteroatoms. The molecule has 0 saturated carbocycles. The molecule has 1 unspecified atom stereocenters. The standard InChI is InChI=1S/C17H20N4O2S/c1-17(2,3)21-9-11(8-14(21)22)15(23)20-16-19-13(10-24-16)12-6-4-5-7-18-12/h4-7,10-11H,8-9H2,1-3H3,(H,19,20,23). The van der Waals surface area contributed by atoms with Crippen LogP contribution in [0.25, 0.3) is 11.4 Å². The van der Waals surface area contributed by atoms with Gasteiger partial charge in [0.2, 0.25) is 11.8 Å². The van der Waals surface area contributed by atoms with Gasteiger partial charge >= 0.3 is 0 Å². The second kappa shape index (κ2) is 6.32. The van der Waals surface area contributed by atoms with Crippen LogP contribution in [0.15, 0.2) is 29.8 Å². The largest absolute Gasteiger partial charge is 0.337 e. The lowest BCUT2D eigenvalue weighted by atomic mass is 10.1. The molecule has 3 rings (SSSR count). The van der Waals surface area contributed by atoms with E-state index in [9.17, 15) is 9.59 Å². The molecule has 1 aliphatic heterocycles. The summed E-state index contributed by atoms with van der Waals surface area (Å²) < 4.78 is 0. The van der Waals surface area contributed by atoms with E-state index in [0.717, 1.165) is 11.4 Å². The summed E-state index contributed by atoms with van der Waals surface area (Å²) in [6, 6.07) is 5.61. The van der Waals surface area contributed by atoms with Crippen LogP contribution in [-0.4, -0.2) is 38.8 Å². The van der Waals surface area contributed by atoms with Crippen molar-refractivity contribution in [1.82, 2.24) is 14.9 Å². The Bertz CT molecular complexity index is 751. The molecule has 1 N–H and O–H groups in total. The Labute approximate surface area is 144 Å². The molecule has 2 aromatic heterocycles. The zero-order chi connectivity index (χ0) is 17.3. The van der Waals surface area contributed by atoms with E-state index in [2.05, 4.69) is 15.3 Å². The normalized spacial score (nSPS) is 18.0. The molecular weight excluding hydrogens is 324 g/mol. The van der Waals surface area contributed by atoms with E-state index in [-0.39, 0.29) is 29.7 Å². The number of anilines is 1. The Balaban J connectivity index is 1.66. The first-order chi connectivity index (χ1) is 11.3. The topological polar surface area (TPSA) is 75.2 Å². The van der Waals surface area contributed by atoms with Crippen LogP contribution < -0.4 is 5.32 Å². The van der Waals surface area contributed by atoms with Gasteiger partial charge in [0.05, 0.1) is 11.6 Å². The minimum atomic E-state index is -0.334. The first kappa shape index (κ1) is 16.6. The zero-order valence-electron chi connectivity index (χ0n) is 13.9. The quantitative estimate of drug-likeness (QED) is 0.929. The number of hydrogen-bond donors (Lipinski definition) is 1. The van der Waals surface area contributed by atoms with Crippen molar-refractivity contribution in [2.75, 3.05) is 11.9 Å². The highest BCUT2D eigenvalue weighted by molar-refractivity contribution is 7.14. The maximum absolute atomic E-state index is 12.4. The Morgan fingerprint density at radius 1 is 1.33 bits per heavy atom. The molecule has 0 aromatic carbocycles. The van der Waals surface area contributed by atoms with E-state index in [4.69, 9.17) is 0 Å². The number of likely N-dealkylation sites (tertiary alicyclic amines) is 1. The van der Waals surface area contributed by atoms with E-state index >= 15 is 0 Å². The molecule has 1 atom stereocenters. The fourth-order valence-corrected chi connectivity index (χ4v) is 3.41. The third-order valence-corrected chi connectivity index (χ3v) is 4.72. The minimum Gasteiger partial charge on any atom is -0.337 e. The summed E-state index contributed by atoms with van der Waals surface area (Å²) in [5, 5.41) is 5.22. The molecule has 24 heavy (non-hydrogen) atoms. The highest BCUT2D eigenvalue weighted by atomic mass is 32.1. The number of amides is 2. The summed E-state index contributed by atoms with van der Waals surface area (Å²) in [6.45, 7) is 6.38. The number of rotatable bonds is 3. The van der Waals surface area contributed by atoms with E-state index in [1.807, 2.05) is 44.4 Å². The molecule has 126 valence electrons. The first-order valence-electron chi connectivity index (χ1n) is 7.83. The Morgan fingerprint density at radius 3 is 2.75 bits per heavy atom. The lowest BCUT2D eigenvalue weighted by molar-refractivity contribution is -0.131. The summed E-state index contributed by atoms with van der Waals surface area (Å²) in [7, 11) is 0. The minimum absolute atomic E-state index is 0.0240. The third kappa shape index (κ3) is 3.46.